The van der Waals surface area contributed by atoms with E-state index in [1.807, 2.05) is 26.0 Å². The van der Waals surface area contributed by atoms with Gasteiger partial charge in [-0.25, -0.2) is 8.42 Å². The van der Waals surface area contributed by atoms with Gasteiger partial charge in [-0.3, -0.25) is 0 Å². The zero-order chi connectivity index (χ0) is 12.2. The summed E-state index contributed by atoms with van der Waals surface area (Å²) in [5.41, 5.74) is 6.50. The Morgan fingerprint density at radius 2 is 1.81 bits per heavy atom. The van der Waals surface area contributed by atoms with Crippen LogP contribution in [-0.2, 0) is 9.84 Å². The Morgan fingerprint density at radius 1 is 1.25 bits per heavy atom. The summed E-state index contributed by atoms with van der Waals surface area (Å²) in [4.78, 5) is 0.401. The van der Waals surface area contributed by atoms with E-state index in [2.05, 4.69) is 0 Å². The predicted octanol–water partition coefficient (Wildman–Crippen LogP) is 1.90. The summed E-state index contributed by atoms with van der Waals surface area (Å²) in [7, 11) is -3.21. The second-order valence-electron chi connectivity index (χ2n) is 3.97. The predicted molar refractivity (Wildman–Crippen MR) is 66.1 cm³/mol. The van der Waals surface area contributed by atoms with Crippen LogP contribution in [-0.4, -0.2) is 20.2 Å². The first-order valence-corrected chi connectivity index (χ1v) is 7.07. The maximum absolute atomic E-state index is 12.2. The van der Waals surface area contributed by atoms with Crippen LogP contribution in [0.1, 0.15) is 25.3 Å². The van der Waals surface area contributed by atoms with Crippen molar-refractivity contribution in [2.24, 2.45) is 5.73 Å². The highest BCUT2D eigenvalue weighted by Gasteiger charge is 2.24. The van der Waals surface area contributed by atoms with Crippen LogP contribution in [0.25, 0.3) is 0 Å². The lowest BCUT2D eigenvalue weighted by Gasteiger charge is -2.15. The van der Waals surface area contributed by atoms with E-state index < -0.39 is 9.84 Å². The van der Waals surface area contributed by atoms with Gasteiger partial charge in [0.05, 0.1) is 10.1 Å². The second-order valence-corrected chi connectivity index (χ2v) is 6.19. The van der Waals surface area contributed by atoms with E-state index in [0.29, 0.717) is 24.3 Å². The van der Waals surface area contributed by atoms with Crippen LogP contribution in [0.5, 0.6) is 0 Å². The largest absolute Gasteiger partial charge is 0.330 e. The van der Waals surface area contributed by atoms with E-state index in [9.17, 15) is 8.42 Å². The molecule has 1 rings (SSSR count). The Kier molecular flexibility index (Phi) is 4.50. The maximum Gasteiger partial charge on any atom is 0.181 e. The van der Waals surface area contributed by atoms with E-state index in [1.54, 1.807) is 12.1 Å². The molecule has 0 amide bonds. The number of aryl methyl sites for hydroxylation is 1. The van der Waals surface area contributed by atoms with E-state index in [4.69, 9.17) is 5.73 Å². The molecule has 0 aliphatic carbocycles. The van der Waals surface area contributed by atoms with E-state index in [-0.39, 0.29) is 5.25 Å². The smallest absolute Gasteiger partial charge is 0.181 e. The lowest BCUT2D eigenvalue weighted by Crippen LogP contribution is -2.23. The Morgan fingerprint density at radius 3 is 2.25 bits per heavy atom. The fourth-order valence-electron chi connectivity index (χ4n) is 1.68. The summed E-state index contributed by atoms with van der Waals surface area (Å²) in [5, 5.41) is -0.361. The van der Waals surface area contributed by atoms with Crippen LogP contribution < -0.4 is 5.73 Å². The van der Waals surface area contributed by atoms with Crippen LogP contribution in [0.4, 0.5) is 0 Å². The second kappa shape index (κ2) is 5.46. The molecule has 1 aromatic carbocycles. The van der Waals surface area contributed by atoms with Crippen LogP contribution in [0.15, 0.2) is 29.2 Å². The SMILES string of the molecule is CCC(CCN)S(=O)(=O)c1ccc(C)cc1. The van der Waals surface area contributed by atoms with Crippen molar-refractivity contribution in [3.8, 4) is 0 Å². The Hall–Kier alpha value is -0.870. The topological polar surface area (TPSA) is 60.2 Å². The lowest BCUT2D eigenvalue weighted by atomic mass is 10.2. The summed E-state index contributed by atoms with van der Waals surface area (Å²) < 4.78 is 24.4. The average Bonchev–Trinajstić information content (AvgIpc) is 2.26. The van der Waals surface area contributed by atoms with Crippen molar-refractivity contribution >= 4 is 9.84 Å². The minimum atomic E-state index is -3.21. The Labute approximate surface area is 97.6 Å². The van der Waals surface area contributed by atoms with Gasteiger partial charge >= 0.3 is 0 Å². The fraction of sp³-hybridized carbons (Fsp3) is 0.500. The van der Waals surface area contributed by atoms with Gasteiger partial charge in [0.1, 0.15) is 0 Å². The van der Waals surface area contributed by atoms with Gasteiger partial charge in [-0.05, 0) is 38.4 Å². The molecule has 3 nitrogen and oxygen atoms in total. The highest BCUT2D eigenvalue weighted by atomic mass is 32.2. The van der Waals surface area contributed by atoms with Crippen LogP contribution >= 0.6 is 0 Å². The van der Waals surface area contributed by atoms with Crippen molar-refractivity contribution in [3.05, 3.63) is 29.8 Å². The van der Waals surface area contributed by atoms with E-state index >= 15 is 0 Å². The van der Waals surface area contributed by atoms with Crippen molar-refractivity contribution < 1.29 is 8.42 Å². The van der Waals surface area contributed by atoms with Gasteiger partial charge in [0.25, 0.3) is 0 Å². The van der Waals surface area contributed by atoms with Gasteiger partial charge in [-0.2, -0.15) is 0 Å². The number of rotatable bonds is 5. The first-order chi connectivity index (χ1) is 7.52. The first-order valence-electron chi connectivity index (χ1n) is 5.53. The molecule has 1 aromatic rings. The third-order valence-corrected chi connectivity index (χ3v) is 5.11. The zero-order valence-electron chi connectivity index (χ0n) is 9.81. The Bertz CT molecular complexity index is 423. The standard InChI is InChI=1S/C12H19NO2S/c1-3-11(8-9-13)16(14,15)12-6-4-10(2)5-7-12/h4-7,11H,3,8-9,13H2,1-2H3. The van der Waals surface area contributed by atoms with Crippen LogP contribution in [0.3, 0.4) is 0 Å². The molecule has 0 saturated heterocycles. The molecule has 0 saturated carbocycles. The molecule has 4 heteroatoms. The van der Waals surface area contributed by atoms with Crippen LogP contribution in [0.2, 0.25) is 0 Å². The third-order valence-electron chi connectivity index (χ3n) is 2.73. The molecule has 0 spiro atoms. The van der Waals surface area contributed by atoms with Crippen molar-refractivity contribution in [2.75, 3.05) is 6.54 Å². The zero-order valence-corrected chi connectivity index (χ0v) is 10.6. The van der Waals surface area contributed by atoms with Gasteiger partial charge in [0.15, 0.2) is 9.84 Å². The molecule has 0 aromatic heterocycles. The third kappa shape index (κ3) is 2.83. The minimum absolute atomic E-state index is 0.361. The van der Waals surface area contributed by atoms with Crippen molar-refractivity contribution in [3.63, 3.8) is 0 Å². The number of benzene rings is 1. The van der Waals surface area contributed by atoms with Gasteiger partial charge in [0.2, 0.25) is 0 Å². The molecule has 1 unspecified atom stereocenters. The molecule has 1 atom stereocenters. The average molecular weight is 241 g/mol. The van der Waals surface area contributed by atoms with Crippen molar-refractivity contribution in [1.29, 1.82) is 0 Å². The molecular formula is C12H19NO2S. The monoisotopic (exact) mass is 241 g/mol. The number of hydrogen-bond donors (Lipinski definition) is 1. The van der Waals surface area contributed by atoms with Gasteiger partial charge in [-0.15, -0.1) is 0 Å². The highest BCUT2D eigenvalue weighted by Crippen LogP contribution is 2.20. The highest BCUT2D eigenvalue weighted by molar-refractivity contribution is 7.92. The molecule has 0 radical (unpaired) electrons. The number of hydrogen-bond acceptors (Lipinski definition) is 3. The molecule has 0 fully saturated rings. The molecular weight excluding hydrogens is 222 g/mol. The first kappa shape index (κ1) is 13.2. The summed E-state index contributed by atoms with van der Waals surface area (Å²) in [6, 6.07) is 6.98. The Balaban J connectivity index is 3.04. The summed E-state index contributed by atoms with van der Waals surface area (Å²) in [6.45, 7) is 4.23. The summed E-state index contributed by atoms with van der Waals surface area (Å²) in [5.74, 6) is 0. The van der Waals surface area contributed by atoms with Gasteiger partial charge < -0.3 is 5.73 Å². The van der Waals surface area contributed by atoms with E-state index in [0.717, 1.165) is 5.56 Å². The number of nitrogens with two attached hydrogens (primary N) is 1. The minimum Gasteiger partial charge on any atom is -0.330 e. The fourth-order valence-corrected chi connectivity index (χ4v) is 3.47. The quantitative estimate of drug-likeness (QED) is 0.856. The maximum atomic E-state index is 12.2. The van der Waals surface area contributed by atoms with Crippen LogP contribution in [0, 0.1) is 6.92 Å². The van der Waals surface area contributed by atoms with Gasteiger partial charge in [-0.1, -0.05) is 24.6 Å². The molecule has 2 N–H and O–H groups in total. The summed E-state index contributed by atoms with van der Waals surface area (Å²) >= 11 is 0. The molecule has 0 heterocycles. The normalized spacial score (nSPS) is 13.7. The van der Waals surface area contributed by atoms with Crippen molar-refractivity contribution in [2.45, 2.75) is 36.8 Å². The van der Waals surface area contributed by atoms with Crippen molar-refractivity contribution in [1.82, 2.24) is 0 Å². The molecule has 0 aliphatic heterocycles. The van der Waals surface area contributed by atoms with E-state index in [1.165, 1.54) is 0 Å². The van der Waals surface area contributed by atoms with Gasteiger partial charge in [0, 0.05) is 0 Å². The lowest BCUT2D eigenvalue weighted by molar-refractivity contribution is 0.567. The number of sulfone groups is 1. The molecule has 16 heavy (non-hydrogen) atoms. The molecule has 90 valence electrons. The summed E-state index contributed by atoms with van der Waals surface area (Å²) in [6.07, 6.45) is 1.13. The molecule has 0 aliphatic rings. The molecule has 0 bridgehead atoms.